The zero-order chi connectivity index (χ0) is 3.41. The third-order valence-electron chi connectivity index (χ3n) is 0.0278. The normalized spacial score (nSPS) is 6.00. The Labute approximate surface area is 79.2 Å². The molecule has 0 nitrogen and oxygen atoms in total. The van der Waals surface area contributed by atoms with Gasteiger partial charge >= 0.3 is 37.7 Å². The van der Waals surface area contributed by atoms with Gasteiger partial charge in [-0.2, -0.15) is 0 Å². The summed E-state index contributed by atoms with van der Waals surface area (Å²) in [5.41, 5.74) is 0. The van der Waals surface area contributed by atoms with E-state index < -0.39 is 0 Å². The summed E-state index contributed by atoms with van der Waals surface area (Å²) in [5.74, 6) is 0. The summed E-state index contributed by atoms with van der Waals surface area (Å²) >= 11 is 8.66. The van der Waals surface area contributed by atoms with Crippen molar-refractivity contribution in [2.75, 3.05) is 0 Å². The fourth-order valence-corrected chi connectivity index (χ4v) is 0. The first-order valence-corrected chi connectivity index (χ1v) is 4.50. The Balaban J connectivity index is 0. The number of hydrogen-bond donors (Lipinski definition) is 0. The van der Waals surface area contributed by atoms with E-state index in [0.717, 1.165) is 0 Å². The third-order valence-corrected chi connectivity index (χ3v) is 2.25. The molecule has 0 rings (SSSR count). The first-order valence-electron chi connectivity index (χ1n) is 0.500. The average molecular weight is 168 g/mol. The summed E-state index contributed by atoms with van der Waals surface area (Å²) < 4.78 is 0. The second kappa shape index (κ2) is 9.82. The standard InChI is InChI=1S/Ca.H2S4/c;1-3-4-2/h;1-2H/q+2;/p-2. The maximum atomic E-state index is 4.33. The van der Waals surface area contributed by atoms with Gasteiger partial charge in [0.1, 0.15) is 0 Å². The third kappa shape index (κ3) is 10.8. The molecule has 0 heterocycles. The molecule has 0 saturated heterocycles. The molecule has 0 aliphatic carbocycles. The first-order chi connectivity index (χ1) is 1.91. The smallest absolute Gasteiger partial charge is 0.709 e. The van der Waals surface area contributed by atoms with Gasteiger partial charge in [-0.25, -0.2) is 0 Å². The van der Waals surface area contributed by atoms with Gasteiger partial charge in [-0.1, -0.05) is 0 Å². The van der Waals surface area contributed by atoms with Crippen molar-refractivity contribution in [1.82, 2.24) is 0 Å². The molecular weight excluding hydrogens is 168 g/mol. The van der Waals surface area contributed by atoms with Gasteiger partial charge in [-0.05, 0) is 0 Å². The van der Waals surface area contributed by atoms with Crippen LogP contribution in [0.1, 0.15) is 0 Å². The van der Waals surface area contributed by atoms with Crippen LogP contribution >= 0.6 is 19.7 Å². The van der Waals surface area contributed by atoms with E-state index in [1.54, 1.807) is 0 Å². The maximum Gasteiger partial charge on any atom is 2.00 e. The van der Waals surface area contributed by atoms with Gasteiger partial charge in [0.15, 0.2) is 0 Å². The molecule has 0 aliphatic rings. The molecule has 0 aromatic rings. The number of hydrogen-bond acceptors (Lipinski definition) is 4. The van der Waals surface area contributed by atoms with Crippen LogP contribution in [-0.4, -0.2) is 37.7 Å². The van der Waals surface area contributed by atoms with Crippen molar-refractivity contribution < 1.29 is 0 Å². The minimum absolute atomic E-state index is 0. The van der Waals surface area contributed by atoms with Crippen LogP contribution in [0.3, 0.4) is 0 Å². The van der Waals surface area contributed by atoms with Crippen molar-refractivity contribution in [2.24, 2.45) is 0 Å². The maximum absolute atomic E-state index is 4.33. The molecule has 0 radical (unpaired) electrons. The molecule has 5 heavy (non-hydrogen) atoms. The molecule has 0 aliphatic heterocycles. The van der Waals surface area contributed by atoms with Crippen molar-refractivity contribution in [1.29, 1.82) is 0 Å². The molecule has 0 atom stereocenters. The van der Waals surface area contributed by atoms with Gasteiger partial charge in [0.25, 0.3) is 0 Å². The van der Waals surface area contributed by atoms with Crippen LogP contribution in [0.5, 0.6) is 0 Å². The Kier molecular flexibility index (Phi) is 20.8. The van der Waals surface area contributed by atoms with E-state index >= 15 is 0 Å². The monoisotopic (exact) mass is 168 g/mol. The van der Waals surface area contributed by atoms with Crippen molar-refractivity contribution in [2.45, 2.75) is 0 Å². The van der Waals surface area contributed by atoms with Gasteiger partial charge < -0.3 is 23.3 Å². The average Bonchev–Trinajstić information content (AvgIpc) is 1.37. The van der Waals surface area contributed by atoms with E-state index in [2.05, 4.69) is 23.3 Å². The molecule has 0 unspecified atom stereocenters. The van der Waals surface area contributed by atoms with Gasteiger partial charge in [0.05, 0.1) is 0 Å². The minimum Gasteiger partial charge on any atom is -0.709 e. The molecule has 0 N–H and O–H groups in total. The fourth-order valence-electron chi connectivity index (χ4n) is 0. The minimum atomic E-state index is 0. The Morgan fingerprint density at radius 2 is 1.20 bits per heavy atom. The molecule has 0 aromatic carbocycles. The van der Waals surface area contributed by atoms with Gasteiger partial charge in [0, 0.05) is 0 Å². The summed E-state index contributed by atoms with van der Waals surface area (Å²) in [6, 6.07) is 0. The summed E-state index contributed by atoms with van der Waals surface area (Å²) in [6.07, 6.45) is 0. The predicted octanol–water partition coefficient (Wildman–Crippen LogP) is 0.911. The van der Waals surface area contributed by atoms with E-state index in [9.17, 15) is 0 Å². The van der Waals surface area contributed by atoms with Gasteiger partial charge in [0.2, 0.25) is 0 Å². The van der Waals surface area contributed by atoms with Crippen molar-refractivity contribution in [3.8, 4) is 0 Å². The number of rotatable bonds is 1. The van der Waals surface area contributed by atoms with Crippen molar-refractivity contribution >= 4 is 80.7 Å². The van der Waals surface area contributed by atoms with E-state index in [0.29, 0.717) is 0 Å². The van der Waals surface area contributed by atoms with Crippen LogP contribution in [0.25, 0.3) is 0 Å². The molecule has 0 fully saturated rings. The first kappa shape index (κ1) is 10.6. The molecular formula is CaS4. The molecule has 0 aromatic heterocycles. The van der Waals surface area contributed by atoms with Crippen molar-refractivity contribution in [3.63, 3.8) is 0 Å². The van der Waals surface area contributed by atoms with Crippen LogP contribution < -0.4 is 0 Å². The van der Waals surface area contributed by atoms with Crippen LogP contribution in [0.4, 0.5) is 0 Å². The van der Waals surface area contributed by atoms with E-state index in [1.807, 2.05) is 0 Å². The van der Waals surface area contributed by atoms with E-state index in [1.165, 1.54) is 19.7 Å². The summed E-state index contributed by atoms with van der Waals surface area (Å²) in [7, 11) is 2.34. The zero-order valence-electron chi connectivity index (χ0n) is 2.34. The Morgan fingerprint density at radius 3 is 1.20 bits per heavy atom. The van der Waals surface area contributed by atoms with Gasteiger partial charge in [-0.15, -0.1) is 0 Å². The molecule has 0 saturated carbocycles. The van der Waals surface area contributed by atoms with Gasteiger partial charge in [-0.3, -0.25) is 19.7 Å². The molecule has 0 amide bonds. The Hall–Kier alpha value is 2.66. The fraction of sp³-hybridized carbons (Fsp3) is 0. The predicted molar refractivity (Wildman–Crippen MR) is 35.7 cm³/mol. The van der Waals surface area contributed by atoms with Crippen LogP contribution in [0.2, 0.25) is 0 Å². The van der Waals surface area contributed by atoms with E-state index in [4.69, 9.17) is 0 Å². The van der Waals surface area contributed by atoms with Crippen LogP contribution in [0.15, 0.2) is 0 Å². The quantitative estimate of drug-likeness (QED) is 0.324. The SMILES string of the molecule is [Ca+2].[S-]SS[S-]. The largest absolute Gasteiger partial charge is 2.00 e. The molecule has 0 spiro atoms. The topological polar surface area (TPSA) is 0 Å². The summed E-state index contributed by atoms with van der Waals surface area (Å²) in [6.45, 7) is 0. The van der Waals surface area contributed by atoms with Crippen LogP contribution in [0, 0.1) is 0 Å². The Bertz CT molecular complexity index is 5.61. The second-order valence-corrected chi connectivity index (χ2v) is 3.67. The summed E-state index contributed by atoms with van der Waals surface area (Å²) in [5, 5.41) is 0. The Morgan fingerprint density at radius 1 is 1.00 bits per heavy atom. The molecule has 0 bridgehead atoms. The second-order valence-electron chi connectivity index (χ2n) is 0.136. The van der Waals surface area contributed by atoms with E-state index in [-0.39, 0.29) is 37.7 Å². The molecule has 26 valence electrons. The summed E-state index contributed by atoms with van der Waals surface area (Å²) in [4.78, 5) is 0. The van der Waals surface area contributed by atoms with Crippen LogP contribution in [-0.2, 0) is 23.3 Å². The molecule has 5 heteroatoms. The van der Waals surface area contributed by atoms with Crippen molar-refractivity contribution in [3.05, 3.63) is 0 Å². The zero-order valence-corrected chi connectivity index (χ0v) is 7.81.